The number of nitrogens with one attached hydrogen (secondary N) is 2. The Morgan fingerprint density at radius 3 is 2.76 bits per heavy atom. The van der Waals surface area contributed by atoms with Gasteiger partial charge in [-0.25, -0.2) is 0 Å². The topological polar surface area (TPSA) is 41.1 Å². The minimum absolute atomic E-state index is 0.0394. The third-order valence-corrected chi connectivity index (χ3v) is 3.21. The third-order valence-electron chi connectivity index (χ3n) is 2.35. The van der Waals surface area contributed by atoms with E-state index >= 15 is 0 Å². The Kier molecular flexibility index (Phi) is 6.34. The lowest BCUT2D eigenvalue weighted by Crippen LogP contribution is -2.28. The van der Waals surface area contributed by atoms with Gasteiger partial charge in [0.05, 0.1) is 10.0 Å². The summed E-state index contributed by atoms with van der Waals surface area (Å²) in [6.45, 7) is 1.26. The van der Waals surface area contributed by atoms with Gasteiger partial charge in [-0.3, -0.25) is 4.79 Å². The molecule has 1 rings (SSSR count). The first kappa shape index (κ1) is 14.3. The largest absolute Gasteiger partial charge is 0.356 e. The second-order valence-corrected chi connectivity index (χ2v) is 4.45. The van der Waals surface area contributed by atoms with Gasteiger partial charge in [0.1, 0.15) is 0 Å². The molecule has 1 amide bonds. The SMILES string of the molecule is CNCCC(=O)NCCc1cccc(Cl)c1Cl. The number of hydrogen-bond acceptors (Lipinski definition) is 2. The van der Waals surface area contributed by atoms with Crippen LogP contribution in [0.15, 0.2) is 18.2 Å². The second kappa shape index (κ2) is 7.54. The minimum Gasteiger partial charge on any atom is -0.356 e. The monoisotopic (exact) mass is 274 g/mol. The van der Waals surface area contributed by atoms with Gasteiger partial charge in [-0.2, -0.15) is 0 Å². The van der Waals surface area contributed by atoms with Crippen LogP contribution in [0.25, 0.3) is 0 Å². The molecule has 0 saturated heterocycles. The number of rotatable bonds is 6. The molecule has 0 aliphatic carbocycles. The molecule has 0 spiro atoms. The summed E-state index contributed by atoms with van der Waals surface area (Å²) in [6, 6.07) is 5.51. The molecule has 94 valence electrons. The standard InChI is InChI=1S/C12H16Cl2N2O/c1-15-7-6-11(17)16-8-5-9-3-2-4-10(13)12(9)14/h2-4,15H,5-8H2,1H3,(H,16,17). The predicted octanol–water partition coefficient (Wildman–Crippen LogP) is 2.26. The van der Waals surface area contributed by atoms with Gasteiger partial charge in [0.2, 0.25) is 5.91 Å². The van der Waals surface area contributed by atoms with E-state index in [4.69, 9.17) is 23.2 Å². The molecular formula is C12H16Cl2N2O. The zero-order valence-corrected chi connectivity index (χ0v) is 11.2. The Morgan fingerprint density at radius 2 is 2.06 bits per heavy atom. The van der Waals surface area contributed by atoms with Crippen LogP contribution >= 0.6 is 23.2 Å². The second-order valence-electron chi connectivity index (χ2n) is 3.67. The van der Waals surface area contributed by atoms with Gasteiger partial charge >= 0.3 is 0 Å². The van der Waals surface area contributed by atoms with Crippen LogP contribution in [0.4, 0.5) is 0 Å². The maximum atomic E-state index is 11.3. The normalized spacial score (nSPS) is 10.3. The van der Waals surface area contributed by atoms with Crippen molar-refractivity contribution in [2.45, 2.75) is 12.8 Å². The number of halogens is 2. The minimum atomic E-state index is 0.0394. The van der Waals surface area contributed by atoms with Crippen LogP contribution in [-0.2, 0) is 11.2 Å². The summed E-state index contributed by atoms with van der Waals surface area (Å²) >= 11 is 11.9. The van der Waals surface area contributed by atoms with Crippen LogP contribution in [0.2, 0.25) is 10.0 Å². The van der Waals surface area contributed by atoms with Crippen LogP contribution in [-0.4, -0.2) is 26.0 Å². The Labute approximate surface area is 111 Å². The molecular weight excluding hydrogens is 259 g/mol. The van der Waals surface area contributed by atoms with E-state index in [1.54, 1.807) is 6.07 Å². The van der Waals surface area contributed by atoms with Crippen molar-refractivity contribution in [2.75, 3.05) is 20.1 Å². The summed E-state index contributed by atoms with van der Waals surface area (Å²) in [7, 11) is 1.82. The zero-order valence-electron chi connectivity index (χ0n) is 9.72. The summed E-state index contributed by atoms with van der Waals surface area (Å²) in [5.41, 5.74) is 0.952. The lowest BCUT2D eigenvalue weighted by Gasteiger charge is -2.07. The maximum absolute atomic E-state index is 11.3. The molecule has 0 heterocycles. The first-order chi connectivity index (χ1) is 8.15. The molecule has 0 aliphatic heterocycles. The fourth-order valence-corrected chi connectivity index (χ4v) is 1.82. The first-order valence-corrected chi connectivity index (χ1v) is 6.25. The van der Waals surface area contributed by atoms with Gasteiger partial charge in [0.25, 0.3) is 0 Å². The smallest absolute Gasteiger partial charge is 0.221 e. The van der Waals surface area contributed by atoms with E-state index in [1.807, 2.05) is 19.2 Å². The fourth-order valence-electron chi connectivity index (χ4n) is 1.41. The third kappa shape index (κ3) is 4.94. The van der Waals surface area contributed by atoms with E-state index in [9.17, 15) is 4.79 Å². The van der Waals surface area contributed by atoms with Crippen molar-refractivity contribution in [1.29, 1.82) is 0 Å². The molecule has 3 nitrogen and oxygen atoms in total. The summed E-state index contributed by atoms with van der Waals surface area (Å²) in [4.78, 5) is 11.3. The molecule has 17 heavy (non-hydrogen) atoms. The molecule has 0 fully saturated rings. The molecule has 0 radical (unpaired) electrons. The van der Waals surface area contributed by atoms with Crippen LogP contribution in [0, 0.1) is 0 Å². The summed E-state index contributed by atoms with van der Waals surface area (Å²) in [6.07, 6.45) is 1.17. The van der Waals surface area contributed by atoms with Crippen molar-refractivity contribution in [3.63, 3.8) is 0 Å². The maximum Gasteiger partial charge on any atom is 0.221 e. The van der Waals surface area contributed by atoms with Crippen LogP contribution in [0.5, 0.6) is 0 Å². The van der Waals surface area contributed by atoms with Crippen LogP contribution in [0.1, 0.15) is 12.0 Å². The Bertz CT molecular complexity index is 383. The highest BCUT2D eigenvalue weighted by atomic mass is 35.5. The number of carbonyl (C=O) groups is 1. The first-order valence-electron chi connectivity index (χ1n) is 5.49. The molecule has 0 unspecified atom stereocenters. The van der Waals surface area contributed by atoms with Crippen molar-refractivity contribution in [1.82, 2.24) is 10.6 Å². The molecule has 2 N–H and O–H groups in total. The van der Waals surface area contributed by atoms with E-state index in [-0.39, 0.29) is 5.91 Å². The quantitative estimate of drug-likeness (QED) is 0.836. The number of hydrogen-bond donors (Lipinski definition) is 2. The molecule has 1 aromatic rings. The van der Waals surface area contributed by atoms with Crippen molar-refractivity contribution in [3.05, 3.63) is 33.8 Å². The molecule has 1 aromatic carbocycles. The molecule has 0 saturated carbocycles. The van der Waals surface area contributed by atoms with Gasteiger partial charge in [0, 0.05) is 19.5 Å². The zero-order chi connectivity index (χ0) is 12.7. The van der Waals surface area contributed by atoms with E-state index in [0.717, 1.165) is 5.56 Å². The lowest BCUT2D eigenvalue weighted by atomic mass is 10.1. The van der Waals surface area contributed by atoms with E-state index in [2.05, 4.69) is 10.6 Å². The van der Waals surface area contributed by atoms with Crippen molar-refractivity contribution < 1.29 is 4.79 Å². The molecule has 5 heteroatoms. The predicted molar refractivity (Wildman–Crippen MR) is 71.7 cm³/mol. The van der Waals surface area contributed by atoms with Gasteiger partial charge in [0.15, 0.2) is 0 Å². The molecule has 0 atom stereocenters. The Balaban J connectivity index is 2.36. The molecule has 0 aliphatic rings. The number of carbonyl (C=O) groups excluding carboxylic acids is 1. The van der Waals surface area contributed by atoms with E-state index in [0.29, 0.717) is 36.0 Å². The summed E-state index contributed by atoms with van der Waals surface area (Å²) in [5.74, 6) is 0.0394. The van der Waals surface area contributed by atoms with Crippen molar-refractivity contribution >= 4 is 29.1 Å². The summed E-state index contributed by atoms with van der Waals surface area (Å²) in [5, 5.41) is 6.87. The lowest BCUT2D eigenvalue weighted by molar-refractivity contribution is -0.120. The average Bonchev–Trinajstić information content (AvgIpc) is 2.32. The highest BCUT2D eigenvalue weighted by Crippen LogP contribution is 2.25. The highest BCUT2D eigenvalue weighted by Gasteiger charge is 2.05. The van der Waals surface area contributed by atoms with Gasteiger partial charge in [-0.05, 0) is 25.1 Å². The molecule has 0 aromatic heterocycles. The van der Waals surface area contributed by atoms with Gasteiger partial charge in [-0.15, -0.1) is 0 Å². The van der Waals surface area contributed by atoms with Crippen molar-refractivity contribution in [2.24, 2.45) is 0 Å². The average molecular weight is 275 g/mol. The van der Waals surface area contributed by atoms with Gasteiger partial charge < -0.3 is 10.6 Å². The summed E-state index contributed by atoms with van der Waals surface area (Å²) < 4.78 is 0. The molecule has 0 bridgehead atoms. The Hall–Kier alpha value is -0.770. The van der Waals surface area contributed by atoms with E-state index < -0.39 is 0 Å². The Morgan fingerprint density at radius 1 is 1.29 bits per heavy atom. The highest BCUT2D eigenvalue weighted by molar-refractivity contribution is 6.42. The van der Waals surface area contributed by atoms with Gasteiger partial charge in [-0.1, -0.05) is 35.3 Å². The van der Waals surface area contributed by atoms with E-state index in [1.165, 1.54) is 0 Å². The fraction of sp³-hybridized carbons (Fsp3) is 0.417. The van der Waals surface area contributed by atoms with Crippen LogP contribution in [0.3, 0.4) is 0 Å². The van der Waals surface area contributed by atoms with Crippen LogP contribution < -0.4 is 10.6 Å². The number of benzene rings is 1. The number of amides is 1. The van der Waals surface area contributed by atoms with Crippen molar-refractivity contribution in [3.8, 4) is 0 Å².